The molecule has 0 unspecified atom stereocenters. The van der Waals surface area contributed by atoms with Crippen LogP contribution in [0.15, 0.2) is 24.0 Å². The molecule has 0 aliphatic carbocycles. The minimum Gasteiger partial charge on any atom is -0.508 e. The highest BCUT2D eigenvalue weighted by Crippen LogP contribution is 2.43. The summed E-state index contributed by atoms with van der Waals surface area (Å²) in [6.07, 6.45) is 2.73. The van der Waals surface area contributed by atoms with Crippen LogP contribution in [0.2, 0.25) is 5.02 Å². The maximum absolute atomic E-state index is 11.0. The third kappa shape index (κ3) is 3.92. The van der Waals surface area contributed by atoms with E-state index in [1.165, 1.54) is 7.11 Å². The summed E-state index contributed by atoms with van der Waals surface area (Å²) in [4.78, 5) is 11.0. The van der Waals surface area contributed by atoms with Crippen LogP contribution in [-0.4, -0.2) is 39.7 Å². The number of aliphatic hydroxyl groups is 1. The van der Waals surface area contributed by atoms with Gasteiger partial charge in [-0.25, -0.2) is 0 Å². The van der Waals surface area contributed by atoms with Gasteiger partial charge in [0.05, 0.1) is 19.1 Å². The van der Waals surface area contributed by atoms with E-state index >= 15 is 0 Å². The topological polar surface area (TPSA) is 131 Å². The summed E-state index contributed by atoms with van der Waals surface area (Å²) in [6, 6.07) is 0.893. The number of aliphatic hydroxyl groups excluding tert-OH is 1. The van der Waals surface area contributed by atoms with E-state index < -0.39 is 28.2 Å². The monoisotopic (exact) mass is 327 g/mol. The van der Waals surface area contributed by atoms with Gasteiger partial charge in [-0.2, -0.15) is 0 Å². The lowest BCUT2D eigenvalue weighted by molar-refractivity contribution is -0.139. The molecule has 5 N–H and O–H groups in total. The Hall–Kier alpha value is -2.67. The van der Waals surface area contributed by atoms with Gasteiger partial charge >= 0.3 is 5.97 Å². The minimum absolute atomic E-state index is 0.0875. The Morgan fingerprint density at radius 3 is 2.55 bits per heavy atom. The van der Waals surface area contributed by atoms with Gasteiger partial charge in [0.2, 0.25) is 0 Å². The maximum Gasteiger partial charge on any atom is 0.309 e. The summed E-state index contributed by atoms with van der Waals surface area (Å²) in [5, 5.41) is 45.6. The van der Waals surface area contributed by atoms with Gasteiger partial charge in [-0.1, -0.05) is 11.6 Å². The fraction of sp³-hybridized carbons (Fsp3) is 0.143. The Morgan fingerprint density at radius 2 is 2.00 bits per heavy atom. The molecule has 22 heavy (non-hydrogen) atoms. The zero-order valence-electron chi connectivity index (χ0n) is 11.5. The lowest BCUT2D eigenvalue weighted by Crippen LogP contribution is -1.98. The van der Waals surface area contributed by atoms with Crippen LogP contribution in [0, 0.1) is 5.41 Å². The number of rotatable bonds is 5. The number of allylic oxidation sites excluding steroid dienone is 2. The summed E-state index contributed by atoms with van der Waals surface area (Å²) in [6.45, 7) is 0. The highest BCUT2D eigenvalue weighted by atomic mass is 35.5. The molecule has 1 aromatic carbocycles. The van der Waals surface area contributed by atoms with Crippen molar-refractivity contribution in [1.29, 1.82) is 5.41 Å². The second-order valence-electron chi connectivity index (χ2n) is 4.11. The smallest absolute Gasteiger partial charge is 0.309 e. The van der Waals surface area contributed by atoms with Gasteiger partial charge in [0.1, 0.15) is 28.0 Å². The Morgan fingerprint density at radius 1 is 1.36 bits per heavy atom. The average molecular weight is 328 g/mol. The predicted molar refractivity (Wildman–Crippen MR) is 80.6 cm³/mol. The lowest BCUT2D eigenvalue weighted by Gasteiger charge is -2.10. The molecule has 7 nitrogen and oxygen atoms in total. The number of ether oxygens (including phenoxy) is 1. The van der Waals surface area contributed by atoms with Crippen LogP contribution < -0.4 is 0 Å². The molecule has 0 radical (unpaired) electrons. The second kappa shape index (κ2) is 7.37. The third-order valence-electron chi connectivity index (χ3n) is 2.65. The molecule has 0 aliphatic heterocycles. The average Bonchev–Trinajstić information content (AvgIpc) is 2.49. The number of phenols is 3. The van der Waals surface area contributed by atoms with Gasteiger partial charge in [0, 0.05) is 17.9 Å². The molecule has 1 aromatic rings. The first-order chi connectivity index (χ1) is 10.3. The molecule has 8 heteroatoms. The molecule has 0 aliphatic rings. The predicted octanol–water partition coefficient (Wildman–Crippen LogP) is 2.49. The van der Waals surface area contributed by atoms with Crippen LogP contribution in [0.1, 0.15) is 12.0 Å². The van der Waals surface area contributed by atoms with Gasteiger partial charge in [0.25, 0.3) is 0 Å². The molecule has 1 rings (SSSR count). The van der Waals surface area contributed by atoms with E-state index in [0.29, 0.717) is 0 Å². The number of benzene rings is 1. The van der Waals surface area contributed by atoms with E-state index in [2.05, 4.69) is 4.74 Å². The Labute approximate surface area is 130 Å². The molecular formula is C14H14ClNO6. The van der Waals surface area contributed by atoms with E-state index in [1.54, 1.807) is 0 Å². The number of phenolic OH excluding ortho intramolecular Hbond substituents is 3. The van der Waals surface area contributed by atoms with E-state index in [1.807, 2.05) is 0 Å². The van der Waals surface area contributed by atoms with Gasteiger partial charge in [0.15, 0.2) is 0 Å². The van der Waals surface area contributed by atoms with Crippen molar-refractivity contribution in [3.63, 3.8) is 0 Å². The van der Waals surface area contributed by atoms with Crippen LogP contribution >= 0.6 is 11.6 Å². The first-order valence-electron chi connectivity index (χ1n) is 5.93. The summed E-state index contributed by atoms with van der Waals surface area (Å²) >= 11 is 5.66. The molecule has 0 bridgehead atoms. The quantitative estimate of drug-likeness (QED) is 0.244. The zero-order chi connectivity index (χ0) is 16.9. The molecule has 0 fully saturated rings. The third-order valence-corrected chi connectivity index (χ3v) is 3.02. The van der Waals surface area contributed by atoms with Crippen molar-refractivity contribution >= 4 is 29.4 Å². The minimum atomic E-state index is -0.644. The van der Waals surface area contributed by atoms with E-state index in [0.717, 1.165) is 24.4 Å². The molecule has 0 heterocycles. The fourth-order valence-electron chi connectivity index (χ4n) is 1.58. The number of carbonyl (C=O) groups is 1. The van der Waals surface area contributed by atoms with Crippen molar-refractivity contribution in [3.05, 3.63) is 34.6 Å². The van der Waals surface area contributed by atoms with Crippen molar-refractivity contribution in [2.45, 2.75) is 6.42 Å². The van der Waals surface area contributed by atoms with Gasteiger partial charge in [-0.05, 0) is 12.2 Å². The maximum atomic E-state index is 11.0. The van der Waals surface area contributed by atoms with Crippen molar-refractivity contribution in [1.82, 2.24) is 0 Å². The van der Waals surface area contributed by atoms with Crippen molar-refractivity contribution in [2.24, 2.45) is 0 Å². The number of nitrogens with one attached hydrogen (secondary N) is 1. The van der Waals surface area contributed by atoms with Crippen molar-refractivity contribution in [2.75, 3.05) is 7.11 Å². The zero-order valence-corrected chi connectivity index (χ0v) is 12.3. The summed E-state index contributed by atoms with van der Waals surface area (Å²) in [7, 11) is 1.20. The summed E-state index contributed by atoms with van der Waals surface area (Å²) in [5.74, 6) is -2.67. The largest absolute Gasteiger partial charge is 0.508 e. The van der Waals surface area contributed by atoms with Crippen molar-refractivity contribution in [3.8, 4) is 17.2 Å². The Bertz CT molecular complexity index is 666. The highest BCUT2D eigenvalue weighted by Gasteiger charge is 2.18. The Kier molecular flexibility index (Phi) is 5.82. The number of hydrogen-bond acceptors (Lipinski definition) is 7. The van der Waals surface area contributed by atoms with E-state index in [4.69, 9.17) is 17.0 Å². The second-order valence-corrected chi connectivity index (χ2v) is 4.48. The van der Waals surface area contributed by atoms with Crippen LogP contribution in [0.4, 0.5) is 0 Å². The van der Waals surface area contributed by atoms with Gasteiger partial charge in [-0.3, -0.25) is 4.79 Å². The molecule has 0 saturated carbocycles. The molecule has 0 spiro atoms. The Balaban J connectivity index is 3.28. The normalized spacial score (nSPS) is 12.1. The van der Waals surface area contributed by atoms with Crippen LogP contribution in [0.5, 0.6) is 17.2 Å². The molecule has 0 saturated heterocycles. The number of aromatic hydroxyl groups is 3. The first-order valence-corrected chi connectivity index (χ1v) is 6.31. The first kappa shape index (κ1) is 17.4. The van der Waals surface area contributed by atoms with Crippen molar-refractivity contribution < 1.29 is 30.0 Å². The highest BCUT2D eigenvalue weighted by molar-refractivity contribution is 6.34. The fourth-order valence-corrected chi connectivity index (χ4v) is 1.73. The van der Waals surface area contributed by atoms with E-state index in [9.17, 15) is 25.2 Å². The SMILES string of the molecule is COC(=O)C/C=C(O)/C=C(\C=N)c1c(O)cc(O)c(Cl)c1O. The molecule has 118 valence electrons. The van der Waals surface area contributed by atoms with Crippen LogP contribution in [-0.2, 0) is 9.53 Å². The number of carbonyl (C=O) groups excluding carboxylic acids is 1. The van der Waals surface area contributed by atoms with Crippen LogP contribution in [0.25, 0.3) is 5.57 Å². The molecule has 0 aromatic heterocycles. The molecular weight excluding hydrogens is 314 g/mol. The number of hydrogen-bond donors (Lipinski definition) is 5. The number of halogens is 1. The van der Waals surface area contributed by atoms with Crippen LogP contribution in [0.3, 0.4) is 0 Å². The van der Waals surface area contributed by atoms with Gasteiger partial charge < -0.3 is 30.6 Å². The number of methoxy groups -OCH3 is 1. The standard InChI is InChI=1S/C14H14ClNO6/c1-22-11(20)3-2-8(17)4-7(6-16)12-9(18)5-10(19)13(15)14(12)21/h2,4-6,16-19,21H,3H2,1H3/b7-4+,8-2-,16-6?. The van der Waals surface area contributed by atoms with Gasteiger partial charge in [-0.15, -0.1) is 0 Å². The summed E-state index contributed by atoms with van der Waals surface area (Å²) in [5.41, 5.74) is -0.327. The number of esters is 1. The lowest BCUT2D eigenvalue weighted by atomic mass is 10.0. The van der Waals surface area contributed by atoms with E-state index in [-0.39, 0.29) is 23.3 Å². The molecule has 0 atom stereocenters. The molecule has 0 amide bonds. The summed E-state index contributed by atoms with van der Waals surface area (Å²) < 4.78 is 4.40.